The Bertz CT molecular complexity index is 957. The number of anilines is 2. The standard InChI is InChI=1S/C19H17ClN4O2/c20-16-4-2-1-3-14(16)19(25)23-13-5-6-15-17(11-13)21-12-22-18(15)24-7-9-26-10-8-24/h1-6,11-12H,7-10H2,(H,23,25). The third-order valence-electron chi connectivity index (χ3n) is 4.30. The first-order valence-electron chi connectivity index (χ1n) is 8.36. The zero-order chi connectivity index (χ0) is 17.9. The van der Waals surface area contributed by atoms with Gasteiger partial charge in [-0.25, -0.2) is 9.97 Å². The van der Waals surface area contributed by atoms with Gasteiger partial charge in [-0.05, 0) is 30.3 Å². The maximum Gasteiger partial charge on any atom is 0.257 e. The number of rotatable bonds is 3. The van der Waals surface area contributed by atoms with E-state index < -0.39 is 0 Å². The van der Waals surface area contributed by atoms with Crippen molar-refractivity contribution in [1.82, 2.24) is 9.97 Å². The van der Waals surface area contributed by atoms with Gasteiger partial charge in [-0.3, -0.25) is 4.79 Å². The van der Waals surface area contributed by atoms with Crippen LogP contribution in [0.3, 0.4) is 0 Å². The molecule has 0 aliphatic carbocycles. The van der Waals surface area contributed by atoms with Crippen LogP contribution in [0.25, 0.3) is 10.9 Å². The monoisotopic (exact) mass is 368 g/mol. The minimum Gasteiger partial charge on any atom is -0.378 e. The molecule has 3 aromatic rings. The number of ether oxygens (including phenoxy) is 1. The minimum atomic E-state index is -0.252. The Kier molecular flexibility index (Phi) is 4.69. The summed E-state index contributed by atoms with van der Waals surface area (Å²) >= 11 is 6.09. The summed E-state index contributed by atoms with van der Waals surface area (Å²) in [6.45, 7) is 2.99. The molecule has 1 N–H and O–H groups in total. The van der Waals surface area contributed by atoms with E-state index >= 15 is 0 Å². The number of halogens is 1. The molecule has 132 valence electrons. The lowest BCUT2D eigenvalue weighted by atomic mass is 10.1. The lowest BCUT2D eigenvalue weighted by Gasteiger charge is -2.28. The number of fused-ring (bicyclic) bond motifs is 1. The molecule has 6 nitrogen and oxygen atoms in total. The predicted molar refractivity (Wildman–Crippen MR) is 102 cm³/mol. The van der Waals surface area contributed by atoms with Crippen molar-refractivity contribution in [2.75, 3.05) is 36.5 Å². The van der Waals surface area contributed by atoms with Crippen molar-refractivity contribution >= 4 is 39.9 Å². The van der Waals surface area contributed by atoms with Crippen LogP contribution in [0.2, 0.25) is 5.02 Å². The van der Waals surface area contributed by atoms with Crippen molar-refractivity contribution in [1.29, 1.82) is 0 Å². The highest BCUT2D eigenvalue weighted by atomic mass is 35.5. The van der Waals surface area contributed by atoms with E-state index in [1.54, 1.807) is 30.6 Å². The molecule has 0 bridgehead atoms. The second kappa shape index (κ2) is 7.27. The van der Waals surface area contributed by atoms with E-state index in [0.717, 1.165) is 29.8 Å². The van der Waals surface area contributed by atoms with Crippen molar-refractivity contribution in [3.05, 3.63) is 59.4 Å². The fraction of sp³-hybridized carbons (Fsp3) is 0.211. The largest absolute Gasteiger partial charge is 0.378 e. The summed E-state index contributed by atoms with van der Waals surface area (Å²) in [5.74, 6) is 0.639. The molecule has 0 radical (unpaired) electrons. The van der Waals surface area contributed by atoms with E-state index in [-0.39, 0.29) is 5.91 Å². The summed E-state index contributed by atoms with van der Waals surface area (Å²) in [5, 5.41) is 4.24. The first kappa shape index (κ1) is 16.8. The number of benzene rings is 2. The number of amides is 1. The smallest absolute Gasteiger partial charge is 0.257 e. The minimum absolute atomic E-state index is 0.252. The maximum atomic E-state index is 12.4. The Labute approximate surface area is 155 Å². The lowest BCUT2D eigenvalue weighted by molar-refractivity contribution is 0.102. The summed E-state index contributed by atoms with van der Waals surface area (Å²) < 4.78 is 5.40. The molecule has 1 aliphatic heterocycles. The van der Waals surface area contributed by atoms with Gasteiger partial charge in [-0.15, -0.1) is 0 Å². The second-order valence-electron chi connectivity index (χ2n) is 5.96. The molecule has 7 heteroatoms. The molecular weight excluding hydrogens is 352 g/mol. The number of aromatic nitrogens is 2. The fourth-order valence-electron chi connectivity index (χ4n) is 2.99. The normalized spacial score (nSPS) is 14.4. The van der Waals surface area contributed by atoms with Crippen LogP contribution >= 0.6 is 11.6 Å². The second-order valence-corrected chi connectivity index (χ2v) is 6.37. The van der Waals surface area contributed by atoms with Gasteiger partial charge in [0.15, 0.2) is 0 Å². The van der Waals surface area contributed by atoms with Crippen molar-refractivity contribution < 1.29 is 9.53 Å². The summed E-state index contributed by atoms with van der Waals surface area (Å²) in [4.78, 5) is 23.4. The molecule has 1 saturated heterocycles. The number of carbonyl (C=O) groups excluding carboxylic acids is 1. The SMILES string of the molecule is O=C(Nc1ccc2c(N3CCOCC3)ncnc2c1)c1ccccc1Cl. The topological polar surface area (TPSA) is 67.4 Å². The van der Waals surface area contributed by atoms with E-state index in [1.165, 1.54) is 0 Å². The Balaban J connectivity index is 1.62. The third-order valence-corrected chi connectivity index (χ3v) is 4.63. The fourth-order valence-corrected chi connectivity index (χ4v) is 3.21. The van der Waals surface area contributed by atoms with Gasteiger partial charge in [-0.2, -0.15) is 0 Å². The molecule has 1 amide bonds. The highest BCUT2D eigenvalue weighted by molar-refractivity contribution is 6.34. The number of nitrogens with zero attached hydrogens (tertiary/aromatic N) is 3. The van der Waals surface area contributed by atoms with Gasteiger partial charge in [0.25, 0.3) is 5.91 Å². The van der Waals surface area contributed by atoms with Crippen molar-refractivity contribution in [3.8, 4) is 0 Å². The Morgan fingerprint density at radius 3 is 2.73 bits per heavy atom. The Morgan fingerprint density at radius 1 is 1.12 bits per heavy atom. The Hall–Kier alpha value is -2.70. The summed E-state index contributed by atoms with van der Waals surface area (Å²) in [5.41, 5.74) is 1.87. The van der Waals surface area contributed by atoms with E-state index in [9.17, 15) is 4.79 Å². The van der Waals surface area contributed by atoms with Gasteiger partial charge in [-0.1, -0.05) is 23.7 Å². The van der Waals surface area contributed by atoms with E-state index in [4.69, 9.17) is 16.3 Å². The van der Waals surface area contributed by atoms with Crippen LogP contribution in [0.15, 0.2) is 48.8 Å². The van der Waals surface area contributed by atoms with Crippen molar-refractivity contribution in [2.45, 2.75) is 0 Å². The zero-order valence-electron chi connectivity index (χ0n) is 14.0. The van der Waals surface area contributed by atoms with Gasteiger partial charge < -0.3 is 15.0 Å². The van der Waals surface area contributed by atoms with Crippen molar-refractivity contribution in [3.63, 3.8) is 0 Å². The number of morpholine rings is 1. The molecule has 1 aliphatic rings. The average Bonchev–Trinajstić information content (AvgIpc) is 2.68. The molecular formula is C19H17ClN4O2. The van der Waals surface area contributed by atoms with Crippen LogP contribution in [0, 0.1) is 0 Å². The van der Waals surface area contributed by atoms with E-state index in [1.807, 2.05) is 18.2 Å². The molecule has 1 aromatic heterocycles. The number of hydrogen-bond donors (Lipinski definition) is 1. The highest BCUT2D eigenvalue weighted by Crippen LogP contribution is 2.26. The first-order chi connectivity index (χ1) is 12.7. The highest BCUT2D eigenvalue weighted by Gasteiger charge is 2.16. The molecule has 0 saturated carbocycles. The number of nitrogens with one attached hydrogen (secondary N) is 1. The average molecular weight is 369 g/mol. The molecule has 0 spiro atoms. The number of carbonyl (C=O) groups is 1. The summed E-state index contributed by atoms with van der Waals surface area (Å²) in [6.07, 6.45) is 1.55. The number of hydrogen-bond acceptors (Lipinski definition) is 5. The van der Waals surface area contributed by atoms with Gasteiger partial charge in [0.1, 0.15) is 12.1 Å². The molecule has 2 aromatic carbocycles. The van der Waals surface area contributed by atoms with E-state index in [0.29, 0.717) is 29.5 Å². The van der Waals surface area contributed by atoms with Crippen molar-refractivity contribution in [2.24, 2.45) is 0 Å². The van der Waals surface area contributed by atoms with Gasteiger partial charge in [0.05, 0.1) is 29.3 Å². The van der Waals surface area contributed by atoms with Crippen LogP contribution in [0.4, 0.5) is 11.5 Å². The van der Waals surface area contributed by atoms with Crippen LogP contribution in [0.5, 0.6) is 0 Å². The first-order valence-corrected chi connectivity index (χ1v) is 8.73. The molecule has 1 fully saturated rings. The molecule has 26 heavy (non-hydrogen) atoms. The summed E-state index contributed by atoms with van der Waals surface area (Å²) in [6, 6.07) is 12.6. The third kappa shape index (κ3) is 3.34. The predicted octanol–water partition coefficient (Wildman–Crippen LogP) is 3.37. The maximum absolute atomic E-state index is 12.4. The van der Waals surface area contributed by atoms with Crippen LogP contribution < -0.4 is 10.2 Å². The molecule has 0 atom stereocenters. The van der Waals surface area contributed by atoms with Gasteiger partial charge in [0.2, 0.25) is 0 Å². The van der Waals surface area contributed by atoms with Crippen LogP contribution in [-0.4, -0.2) is 42.2 Å². The van der Waals surface area contributed by atoms with Crippen LogP contribution in [0.1, 0.15) is 10.4 Å². The van der Waals surface area contributed by atoms with Crippen LogP contribution in [-0.2, 0) is 4.74 Å². The lowest BCUT2D eigenvalue weighted by Crippen LogP contribution is -2.36. The zero-order valence-corrected chi connectivity index (χ0v) is 14.7. The summed E-state index contributed by atoms with van der Waals surface area (Å²) in [7, 11) is 0. The van der Waals surface area contributed by atoms with Gasteiger partial charge >= 0.3 is 0 Å². The molecule has 0 unspecified atom stereocenters. The quantitative estimate of drug-likeness (QED) is 0.767. The molecule has 2 heterocycles. The van der Waals surface area contributed by atoms with E-state index in [2.05, 4.69) is 20.2 Å². The molecule has 4 rings (SSSR count). The Morgan fingerprint density at radius 2 is 1.92 bits per heavy atom. The van der Waals surface area contributed by atoms with Gasteiger partial charge in [0, 0.05) is 24.2 Å².